The van der Waals surface area contributed by atoms with E-state index in [0.29, 0.717) is 17.9 Å². The van der Waals surface area contributed by atoms with Gasteiger partial charge in [-0.15, -0.1) is 0 Å². The molecule has 174 valence electrons. The lowest BCUT2D eigenvalue weighted by atomic mass is 9.76. The quantitative estimate of drug-likeness (QED) is 0.566. The topological polar surface area (TPSA) is 66.8 Å². The number of piperidine rings is 1. The number of methoxy groups -OCH3 is 1. The van der Waals surface area contributed by atoms with Gasteiger partial charge < -0.3 is 9.84 Å². The van der Waals surface area contributed by atoms with Crippen molar-refractivity contribution >= 4 is 10.0 Å². The molecule has 6 heteroatoms. The van der Waals surface area contributed by atoms with Gasteiger partial charge in [0, 0.05) is 19.0 Å². The summed E-state index contributed by atoms with van der Waals surface area (Å²) in [6, 6.07) is 22.6. The van der Waals surface area contributed by atoms with Crippen LogP contribution < -0.4 is 4.74 Å². The molecule has 0 saturated carbocycles. The van der Waals surface area contributed by atoms with E-state index in [0.717, 1.165) is 28.0 Å². The van der Waals surface area contributed by atoms with Crippen LogP contribution in [-0.2, 0) is 10.0 Å². The summed E-state index contributed by atoms with van der Waals surface area (Å²) in [6.45, 7) is 4.60. The molecule has 1 aliphatic rings. The van der Waals surface area contributed by atoms with Gasteiger partial charge >= 0.3 is 0 Å². The van der Waals surface area contributed by atoms with Crippen molar-refractivity contribution in [3.63, 3.8) is 0 Å². The number of aliphatic hydroxyl groups is 1. The van der Waals surface area contributed by atoms with Gasteiger partial charge in [0.05, 0.1) is 18.1 Å². The van der Waals surface area contributed by atoms with Crippen LogP contribution in [0.4, 0.5) is 0 Å². The smallest absolute Gasteiger partial charge is 0.243 e. The lowest BCUT2D eigenvalue weighted by Crippen LogP contribution is -2.45. The van der Waals surface area contributed by atoms with Gasteiger partial charge in [-0.3, -0.25) is 0 Å². The maximum absolute atomic E-state index is 13.4. The van der Waals surface area contributed by atoms with Gasteiger partial charge in [0.1, 0.15) is 5.75 Å². The Balaban J connectivity index is 1.67. The summed E-state index contributed by atoms with van der Waals surface area (Å²) in [6.07, 6.45) is -0.154. The van der Waals surface area contributed by atoms with Crippen LogP contribution in [0.5, 0.6) is 5.75 Å². The average Bonchev–Trinajstić information content (AvgIpc) is 2.84. The number of aliphatic hydroxyl groups excluding tert-OH is 1. The van der Waals surface area contributed by atoms with E-state index in [2.05, 4.69) is 0 Å². The van der Waals surface area contributed by atoms with Crippen molar-refractivity contribution in [1.82, 2.24) is 4.31 Å². The predicted molar refractivity (Wildman–Crippen MR) is 130 cm³/mol. The number of sulfonamides is 1. The Morgan fingerprint density at radius 3 is 2.06 bits per heavy atom. The van der Waals surface area contributed by atoms with E-state index in [1.165, 1.54) is 4.31 Å². The summed E-state index contributed by atoms with van der Waals surface area (Å²) in [5.74, 6) is 0.514. The largest absolute Gasteiger partial charge is 0.497 e. The van der Waals surface area contributed by atoms with Crippen LogP contribution in [0.2, 0.25) is 0 Å². The second-order valence-corrected chi connectivity index (χ2v) is 10.8. The predicted octanol–water partition coefficient (Wildman–Crippen LogP) is 4.84. The third-order valence-electron chi connectivity index (χ3n) is 6.65. The molecule has 0 aliphatic carbocycles. The van der Waals surface area contributed by atoms with Gasteiger partial charge in [0.25, 0.3) is 0 Å². The molecule has 1 heterocycles. The molecule has 0 unspecified atom stereocenters. The fourth-order valence-corrected chi connectivity index (χ4v) is 6.12. The number of benzene rings is 3. The summed E-state index contributed by atoms with van der Waals surface area (Å²) in [5.41, 5.74) is 4.02. The summed E-state index contributed by atoms with van der Waals surface area (Å²) in [4.78, 5) is 0.291. The van der Waals surface area contributed by atoms with Crippen molar-refractivity contribution in [3.05, 3.63) is 95.1 Å². The maximum Gasteiger partial charge on any atom is 0.243 e. The highest BCUT2D eigenvalue weighted by Gasteiger charge is 2.40. The van der Waals surface area contributed by atoms with Gasteiger partial charge in [-0.2, -0.15) is 4.31 Å². The van der Waals surface area contributed by atoms with Gasteiger partial charge in [0.15, 0.2) is 0 Å². The molecule has 5 nitrogen and oxygen atoms in total. The third kappa shape index (κ3) is 4.98. The zero-order valence-corrected chi connectivity index (χ0v) is 20.1. The molecular weight excluding hydrogens is 434 g/mol. The van der Waals surface area contributed by atoms with E-state index in [9.17, 15) is 13.5 Å². The van der Waals surface area contributed by atoms with E-state index in [4.69, 9.17) is 4.74 Å². The van der Waals surface area contributed by atoms with Crippen LogP contribution in [-0.4, -0.2) is 38.0 Å². The van der Waals surface area contributed by atoms with Gasteiger partial charge in [0.2, 0.25) is 10.0 Å². The van der Waals surface area contributed by atoms with Crippen LogP contribution >= 0.6 is 0 Å². The molecule has 0 amide bonds. The Morgan fingerprint density at radius 2 is 1.48 bits per heavy atom. The number of nitrogens with zero attached hydrogens (tertiary/aromatic N) is 1. The van der Waals surface area contributed by atoms with Gasteiger partial charge in [-0.25, -0.2) is 8.42 Å². The van der Waals surface area contributed by atoms with E-state index < -0.39 is 16.1 Å². The number of ether oxygens (including phenoxy) is 1. The fraction of sp³-hybridized carbons (Fsp3) is 0.333. The molecule has 1 saturated heterocycles. The minimum atomic E-state index is -3.65. The van der Waals surface area contributed by atoms with E-state index >= 15 is 0 Å². The molecule has 1 N–H and O–H groups in total. The maximum atomic E-state index is 13.4. The van der Waals surface area contributed by atoms with Crippen LogP contribution in [0, 0.1) is 19.8 Å². The summed E-state index contributed by atoms with van der Waals surface area (Å²) in [5, 5.41) is 11.4. The van der Waals surface area contributed by atoms with Crippen LogP contribution in [0.1, 0.15) is 40.7 Å². The van der Waals surface area contributed by atoms with Crippen molar-refractivity contribution in [2.45, 2.75) is 37.2 Å². The van der Waals surface area contributed by atoms with E-state index in [1.54, 1.807) is 19.2 Å². The van der Waals surface area contributed by atoms with Crippen molar-refractivity contribution < 1.29 is 18.3 Å². The Hall–Kier alpha value is -2.67. The lowest BCUT2D eigenvalue weighted by Gasteiger charge is -2.40. The first-order valence-electron chi connectivity index (χ1n) is 11.2. The first-order valence-corrected chi connectivity index (χ1v) is 12.7. The molecule has 1 aliphatic heterocycles. The number of aryl methyl sites for hydroxylation is 2. The minimum Gasteiger partial charge on any atom is -0.497 e. The molecule has 0 spiro atoms. The number of hydrogen-bond donors (Lipinski definition) is 1. The molecule has 3 aromatic rings. The Morgan fingerprint density at radius 1 is 0.909 bits per heavy atom. The van der Waals surface area contributed by atoms with Crippen molar-refractivity contribution in [1.29, 1.82) is 0 Å². The van der Waals surface area contributed by atoms with Crippen LogP contribution in [0.3, 0.4) is 0 Å². The zero-order chi connectivity index (χ0) is 23.6. The minimum absolute atomic E-state index is 0.0247. The molecular formula is C27H31NO4S. The molecule has 33 heavy (non-hydrogen) atoms. The van der Waals surface area contributed by atoms with E-state index in [-0.39, 0.29) is 18.4 Å². The second-order valence-electron chi connectivity index (χ2n) is 8.86. The molecule has 3 aromatic carbocycles. The van der Waals surface area contributed by atoms with Crippen molar-refractivity contribution in [3.8, 4) is 5.75 Å². The highest BCUT2D eigenvalue weighted by molar-refractivity contribution is 7.89. The molecule has 0 aromatic heterocycles. The Kier molecular flexibility index (Phi) is 6.88. The summed E-state index contributed by atoms with van der Waals surface area (Å²) < 4.78 is 33.6. The highest BCUT2D eigenvalue weighted by atomic mass is 32.2. The third-order valence-corrected chi connectivity index (χ3v) is 8.53. The van der Waals surface area contributed by atoms with E-state index in [1.807, 2.05) is 74.5 Å². The SMILES string of the molecule is COc1ccc([C@H]2CCN(S(=O)(=O)c3ccc(C)cc3)C[C@@H]2[C@@H](O)c2ccc(C)cc2)cc1. The summed E-state index contributed by atoms with van der Waals surface area (Å²) in [7, 11) is -2.02. The number of rotatable bonds is 6. The normalized spacial score (nSPS) is 20.4. The Bertz CT molecular complexity index is 1170. The first-order chi connectivity index (χ1) is 15.8. The molecule has 4 rings (SSSR count). The average molecular weight is 466 g/mol. The molecule has 1 fully saturated rings. The standard InChI is InChI=1S/C27H31NO4S/c1-19-4-8-22(9-5-19)27(29)26-18-28(33(30,31)24-14-6-20(2)7-15-24)17-16-25(26)21-10-12-23(32-3)13-11-21/h4-15,25-27,29H,16-18H2,1-3H3/t25-,26+,27+/m1/s1. The van der Waals surface area contributed by atoms with Gasteiger partial charge in [-0.05, 0) is 61.6 Å². The van der Waals surface area contributed by atoms with Gasteiger partial charge in [-0.1, -0.05) is 59.7 Å². The molecule has 0 radical (unpaired) electrons. The summed E-state index contributed by atoms with van der Waals surface area (Å²) >= 11 is 0. The zero-order valence-electron chi connectivity index (χ0n) is 19.3. The molecule has 0 bridgehead atoms. The Labute approximate surface area is 196 Å². The van der Waals surface area contributed by atoms with Crippen molar-refractivity contribution in [2.75, 3.05) is 20.2 Å². The lowest BCUT2D eigenvalue weighted by molar-refractivity contribution is 0.0587. The van der Waals surface area contributed by atoms with Crippen LogP contribution in [0.15, 0.2) is 77.7 Å². The highest BCUT2D eigenvalue weighted by Crippen LogP contribution is 2.42. The van der Waals surface area contributed by atoms with Crippen LogP contribution in [0.25, 0.3) is 0 Å². The monoisotopic (exact) mass is 465 g/mol. The fourth-order valence-electron chi connectivity index (χ4n) is 4.62. The molecule has 3 atom stereocenters. The van der Waals surface area contributed by atoms with Crippen molar-refractivity contribution in [2.24, 2.45) is 5.92 Å². The first kappa shape index (κ1) is 23.5. The number of hydrogen-bond acceptors (Lipinski definition) is 4. The second kappa shape index (κ2) is 9.67.